The minimum Gasteiger partial charge on any atom is -0.497 e. The van der Waals surface area contributed by atoms with Crippen LogP contribution in [-0.4, -0.2) is 27.8 Å². The summed E-state index contributed by atoms with van der Waals surface area (Å²) in [6.45, 7) is 6.35. The molecule has 0 radical (unpaired) electrons. The van der Waals surface area contributed by atoms with E-state index < -0.39 is 5.25 Å². The molecule has 0 saturated carbocycles. The molecule has 1 aromatic heterocycles. The van der Waals surface area contributed by atoms with Gasteiger partial charge in [-0.05, 0) is 43.2 Å². The van der Waals surface area contributed by atoms with Crippen LogP contribution in [0.2, 0.25) is 5.02 Å². The van der Waals surface area contributed by atoms with Crippen molar-refractivity contribution in [3.05, 3.63) is 57.8 Å². The molecule has 1 heterocycles. The molecule has 0 aliphatic rings. The quantitative estimate of drug-likeness (QED) is 0.416. The number of thioether (sulfide) groups is 1. The second-order valence-electron chi connectivity index (χ2n) is 7.35. The molecule has 30 heavy (non-hydrogen) atoms. The van der Waals surface area contributed by atoms with E-state index in [-0.39, 0.29) is 17.4 Å². The zero-order valence-corrected chi connectivity index (χ0v) is 18.9. The molecule has 0 saturated heterocycles. The maximum atomic E-state index is 13.1. The number of fused-ring (bicyclic) bond motifs is 1. The Labute approximate surface area is 184 Å². The lowest BCUT2D eigenvalue weighted by molar-refractivity contribution is -0.115. The summed E-state index contributed by atoms with van der Waals surface area (Å²) in [7, 11) is 1.58. The molecule has 1 atom stereocenters. The van der Waals surface area contributed by atoms with Gasteiger partial charge >= 0.3 is 0 Å². The zero-order valence-electron chi connectivity index (χ0n) is 17.3. The van der Waals surface area contributed by atoms with Crippen LogP contribution in [0.5, 0.6) is 5.75 Å². The van der Waals surface area contributed by atoms with Gasteiger partial charge in [-0.25, -0.2) is 4.98 Å². The van der Waals surface area contributed by atoms with Gasteiger partial charge in [0.05, 0.1) is 23.3 Å². The molecular weight excluding hydrogens is 422 g/mol. The predicted octanol–water partition coefficient (Wildman–Crippen LogP) is 4.83. The first-order chi connectivity index (χ1) is 14.3. The van der Waals surface area contributed by atoms with Crippen molar-refractivity contribution in [3.8, 4) is 5.75 Å². The number of aromatic nitrogens is 2. The first-order valence-electron chi connectivity index (χ1n) is 9.60. The Morgan fingerprint density at radius 2 is 2.00 bits per heavy atom. The molecule has 0 aliphatic carbocycles. The number of carbonyl (C=O) groups excluding carboxylic acids is 1. The lowest BCUT2D eigenvalue weighted by atomic mass is 10.2. The SMILES string of the molecule is COc1cccc(NC(=O)C(C)Sc2nc3ccc(Cl)cc3c(=O)n2CC(C)C)c1. The fourth-order valence-electron chi connectivity index (χ4n) is 2.95. The second kappa shape index (κ2) is 9.53. The third-order valence-electron chi connectivity index (χ3n) is 4.42. The average molecular weight is 446 g/mol. The van der Waals surface area contributed by atoms with Crippen LogP contribution >= 0.6 is 23.4 Å². The van der Waals surface area contributed by atoms with Crippen LogP contribution in [0, 0.1) is 5.92 Å². The summed E-state index contributed by atoms with van der Waals surface area (Å²) >= 11 is 7.33. The van der Waals surface area contributed by atoms with E-state index in [1.165, 1.54) is 11.8 Å². The van der Waals surface area contributed by atoms with E-state index >= 15 is 0 Å². The van der Waals surface area contributed by atoms with Crippen LogP contribution in [0.4, 0.5) is 5.69 Å². The third kappa shape index (κ3) is 5.15. The molecule has 0 aliphatic heterocycles. The van der Waals surface area contributed by atoms with Gasteiger partial charge in [0.1, 0.15) is 5.75 Å². The lowest BCUT2D eigenvalue weighted by Crippen LogP contribution is -2.28. The normalized spacial score (nSPS) is 12.2. The van der Waals surface area contributed by atoms with Crippen molar-refractivity contribution in [2.75, 3.05) is 12.4 Å². The van der Waals surface area contributed by atoms with Crippen molar-refractivity contribution in [2.45, 2.75) is 37.7 Å². The Hall–Kier alpha value is -2.51. The monoisotopic (exact) mass is 445 g/mol. The first kappa shape index (κ1) is 22.2. The number of nitrogens with one attached hydrogen (secondary N) is 1. The van der Waals surface area contributed by atoms with Crippen LogP contribution in [0.1, 0.15) is 20.8 Å². The maximum absolute atomic E-state index is 13.1. The van der Waals surface area contributed by atoms with Crippen LogP contribution in [0.25, 0.3) is 10.9 Å². The third-order valence-corrected chi connectivity index (χ3v) is 5.74. The molecule has 0 spiro atoms. The molecule has 0 fully saturated rings. The number of nitrogens with zero attached hydrogens (tertiary/aromatic N) is 2. The minimum atomic E-state index is -0.466. The van der Waals surface area contributed by atoms with Crippen LogP contribution in [-0.2, 0) is 11.3 Å². The molecule has 3 aromatic rings. The molecule has 1 N–H and O–H groups in total. The number of methoxy groups -OCH3 is 1. The predicted molar refractivity (Wildman–Crippen MR) is 123 cm³/mol. The Balaban J connectivity index is 1.90. The standard InChI is InChI=1S/C22H24ClN3O3S/c1-13(2)12-26-21(28)18-10-15(23)8-9-19(18)25-22(26)30-14(3)20(27)24-16-6-5-7-17(11-16)29-4/h5-11,13-14H,12H2,1-4H3,(H,24,27). The van der Waals surface area contributed by atoms with Crippen LogP contribution in [0.15, 0.2) is 52.4 Å². The van der Waals surface area contributed by atoms with E-state index in [0.29, 0.717) is 39.1 Å². The lowest BCUT2D eigenvalue weighted by Gasteiger charge is -2.18. The summed E-state index contributed by atoms with van der Waals surface area (Å²) in [4.78, 5) is 30.5. The van der Waals surface area contributed by atoms with Gasteiger partial charge < -0.3 is 10.1 Å². The molecule has 0 bridgehead atoms. The molecule has 1 amide bonds. The van der Waals surface area contributed by atoms with E-state index in [0.717, 1.165) is 0 Å². The summed E-state index contributed by atoms with van der Waals surface area (Å²) in [5, 5.41) is 3.89. The van der Waals surface area contributed by atoms with Crippen molar-refractivity contribution in [1.29, 1.82) is 0 Å². The second-order valence-corrected chi connectivity index (χ2v) is 9.09. The molecule has 6 nitrogen and oxygen atoms in total. The van der Waals surface area contributed by atoms with Crippen molar-refractivity contribution >= 4 is 45.9 Å². The number of hydrogen-bond acceptors (Lipinski definition) is 5. The van der Waals surface area contributed by atoms with Crippen LogP contribution in [0.3, 0.4) is 0 Å². The molecule has 3 rings (SSSR count). The Bertz CT molecular complexity index is 1130. The minimum absolute atomic E-state index is 0.154. The number of hydrogen-bond donors (Lipinski definition) is 1. The Morgan fingerprint density at radius 1 is 1.23 bits per heavy atom. The van der Waals surface area contributed by atoms with Gasteiger partial charge in [0, 0.05) is 23.3 Å². The van der Waals surface area contributed by atoms with Gasteiger partial charge in [-0.3, -0.25) is 14.2 Å². The topological polar surface area (TPSA) is 73.2 Å². The van der Waals surface area contributed by atoms with E-state index in [4.69, 9.17) is 16.3 Å². The van der Waals surface area contributed by atoms with E-state index in [1.54, 1.807) is 48.9 Å². The van der Waals surface area contributed by atoms with Crippen molar-refractivity contribution in [2.24, 2.45) is 5.92 Å². The molecule has 2 aromatic carbocycles. The van der Waals surface area contributed by atoms with Crippen molar-refractivity contribution < 1.29 is 9.53 Å². The number of halogens is 1. The Morgan fingerprint density at radius 3 is 2.70 bits per heavy atom. The number of ether oxygens (including phenoxy) is 1. The highest BCUT2D eigenvalue weighted by Crippen LogP contribution is 2.26. The van der Waals surface area contributed by atoms with E-state index in [9.17, 15) is 9.59 Å². The number of anilines is 1. The maximum Gasteiger partial charge on any atom is 0.262 e. The molecule has 158 valence electrons. The van der Waals surface area contributed by atoms with Gasteiger partial charge in [-0.2, -0.15) is 0 Å². The zero-order chi connectivity index (χ0) is 21.8. The van der Waals surface area contributed by atoms with E-state index in [1.807, 2.05) is 26.0 Å². The number of rotatable bonds is 7. The summed E-state index contributed by atoms with van der Waals surface area (Å²) in [5.41, 5.74) is 1.05. The molecule has 1 unspecified atom stereocenters. The largest absolute Gasteiger partial charge is 0.497 e. The highest BCUT2D eigenvalue weighted by molar-refractivity contribution is 8.00. The highest BCUT2D eigenvalue weighted by Gasteiger charge is 2.20. The van der Waals surface area contributed by atoms with Gasteiger partial charge in [-0.1, -0.05) is 43.3 Å². The molecular formula is C22H24ClN3O3S. The van der Waals surface area contributed by atoms with Gasteiger partial charge in [0.25, 0.3) is 5.56 Å². The smallest absolute Gasteiger partial charge is 0.262 e. The summed E-state index contributed by atoms with van der Waals surface area (Å²) in [6, 6.07) is 12.2. The van der Waals surface area contributed by atoms with Crippen LogP contribution < -0.4 is 15.6 Å². The van der Waals surface area contributed by atoms with E-state index in [2.05, 4.69) is 10.3 Å². The fourth-order valence-corrected chi connectivity index (χ4v) is 4.04. The number of carbonyl (C=O) groups is 1. The van der Waals surface area contributed by atoms with Gasteiger partial charge in [0.2, 0.25) is 5.91 Å². The van der Waals surface area contributed by atoms with Gasteiger partial charge in [-0.15, -0.1) is 0 Å². The fraction of sp³-hybridized carbons (Fsp3) is 0.318. The van der Waals surface area contributed by atoms with Gasteiger partial charge in [0.15, 0.2) is 5.16 Å². The summed E-state index contributed by atoms with van der Waals surface area (Å²) in [6.07, 6.45) is 0. The van der Waals surface area contributed by atoms with Crippen molar-refractivity contribution in [1.82, 2.24) is 9.55 Å². The average Bonchev–Trinajstić information content (AvgIpc) is 2.71. The highest BCUT2D eigenvalue weighted by atomic mass is 35.5. The Kier molecular flexibility index (Phi) is 7.05. The summed E-state index contributed by atoms with van der Waals surface area (Å²) < 4.78 is 6.82. The number of amides is 1. The number of benzene rings is 2. The first-order valence-corrected chi connectivity index (χ1v) is 10.9. The summed E-state index contributed by atoms with van der Waals surface area (Å²) in [5.74, 6) is 0.713. The van der Waals surface area contributed by atoms with Crippen molar-refractivity contribution in [3.63, 3.8) is 0 Å². The molecule has 8 heteroatoms.